The molecular formula is C14H28N4O2. The Morgan fingerprint density at radius 1 is 1.20 bits per heavy atom. The third kappa shape index (κ3) is 3.93. The second kappa shape index (κ2) is 7.04. The fourth-order valence-electron chi connectivity index (χ4n) is 2.38. The Bertz CT molecular complexity index is 349. The Morgan fingerprint density at radius 2 is 1.75 bits per heavy atom. The minimum absolute atomic E-state index is 0.0251. The van der Waals surface area contributed by atoms with E-state index in [-0.39, 0.29) is 18.4 Å². The molecule has 1 saturated heterocycles. The highest BCUT2D eigenvalue weighted by atomic mass is 16.2. The van der Waals surface area contributed by atoms with Crippen molar-refractivity contribution < 1.29 is 9.59 Å². The van der Waals surface area contributed by atoms with Crippen LogP contribution in [0.3, 0.4) is 0 Å². The van der Waals surface area contributed by atoms with E-state index in [0.717, 1.165) is 26.2 Å². The van der Waals surface area contributed by atoms with Crippen molar-refractivity contribution in [3.05, 3.63) is 0 Å². The van der Waals surface area contributed by atoms with Crippen LogP contribution in [0.15, 0.2) is 0 Å². The highest BCUT2D eigenvalue weighted by molar-refractivity contribution is 5.89. The molecule has 0 unspecified atom stereocenters. The predicted octanol–water partition coefficient (Wildman–Crippen LogP) is -0.393. The maximum absolute atomic E-state index is 12.7. The molecule has 0 spiro atoms. The highest BCUT2D eigenvalue weighted by Crippen LogP contribution is 2.18. The van der Waals surface area contributed by atoms with Gasteiger partial charge in [0.2, 0.25) is 11.8 Å². The molecule has 20 heavy (non-hydrogen) atoms. The number of carbonyl (C=O) groups is 2. The van der Waals surface area contributed by atoms with Gasteiger partial charge in [-0.3, -0.25) is 14.5 Å². The molecule has 0 aromatic heterocycles. The molecule has 0 aliphatic carbocycles. The molecule has 0 atom stereocenters. The van der Waals surface area contributed by atoms with Crippen LogP contribution in [0.2, 0.25) is 0 Å². The second-order valence-corrected chi connectivity index (χ2v) is 5.90. The first-order chi connectivity index (χ1) is 9.30. The smallest absolute Gasteiger partial charge is 0.242 e. The molecule has 0 saturated carbocycles. The van der Waals surface area contributed by atoms with E-state index >= 15 is 0 Å². The van der Waals surface area contributed by atoms with Crippen LogP contribution in [0, 0.1) is 0 Å². The zero-order valence-corrected chi connectivity index (χ0v) is 13.4. The van der Waals surface area contributed by atoms with E-state index in [4.69, 9.17) is 0 Å². The third-order valence-corrected chi connectivity index (χ3v) is 3.92. The summed E-state index contributed by atoms with van der Waals surface area (Å²) in [4.78, 5) is 29.9. The van der Waals surface area contributed by atoms with Gasteiger partial charge in [0.1, 0.15) is 0 Å². The average Bonchev–Trinajstić information content (AvgIpc) is 2.44. The Labute approximate surface area is 122 Å². The third-order valence-electron chi connectivity index (χ3n) is 3.92. The predicted molar refractivity (Wildman–Crippen MR) is 79.5 cm³/mol. The molecule has 116 valence electrons. The van der Waals surface area contributed by atoms with E-state index < -0.39 is 5.54 Å². The number of piperazine rings is 1. The van der Waals surface area contributed by atoms with Gasteiger partial charge in [-0.2, -0.15) is 0 Å². The zero-order valence-electron chi connectivity index (χ0n) is 13.4. The Hall–Kier alpha value is -1.14. The summed E-state index contributed by atoms with van der Waals surface area (Å²) < 4.78 is 0. The lowest BCUT2D eigenvalue weighted by molar-refractivity contribution is -0.147. The standard InChI is InChI=1S/C14H28N4O2/c1-6-17(11-12(19)16(4)5)13(20)14(2,3)18-9-7-15-8-10-18/h15H,6-11H2,1-5H3. The summed E-state index contributed by atoms with van der Waals surface area (Å²) in [7, 11) is 3.42. The van der Waals surface area contributed by atoms with Crippen molar-refractivity contribution in [1.29, 1.82) is 0 Å². The van der Waals surface area contributed by atoms with Gasteiger partial charge in [0.25, 0.3) is 0 Å². The summed E-state index contributed by atoms with van der Waals surface area (Å²) in [5.74, 6) is -0.0200. The van der Waals surface area contributed by atoms with Crippen LogP contribution < -0.4 is 5.32 Å². The molecule has 1 aliphatic rings. The number of carbonyl (C=O) groups excluding carboxylic acids is 2. The first kappa shape index (κ1) is 16.9. The molecule has 2 amide bonds. The van der Waals surface area contributed by atoms with Gasteiger partial charge in [-0.25, -0.2) is 0 Å². The van der Waals surface area contributed by atoms with Gasteiger partial charge in [0, 0.05) is 46.8 Å². The quantitative estimate of drug-likeness (QED) is 0.747. The van der Waals surface area contributed by atoms with Gasteiger partial charge in [0.05, 0.1) is 12.1 Å². The lowest BCUT2D eigenvalue weighted by Gasteiger charge is -2.42. The van der Waals surface area contributed by atoms with Crippen molar-refractivity contribution in [2.75, 3.05) is 53.4 Å². The number of hydrogen-bond donors (Lipinski definition) is 1. The van der Waals surface area contributed by atoms with Gasteiger partial charge in [-0.1, -0.05) is 0 Å². The van der Waals surface area contributed by atoms with Crippen molar-refractivity contribution in [2.24, 2.45) is 0 Å². The largest absolute Gasteiger partial charge is 0.347 e. The van der Waals surface area contributed by atoms with Gasteiger partial charge in [-0.15, -0.1) is 0 Å². The van der Waals surface area contributed by atoms with Gasteiger partial charge >= 0.3 is 0 Å². The summed E-state index contributed by atoms with van der Waals surface area (Å²) in [5.41, 5.74) is -0.565. The van der Waals surface area contributed by atoms with Crippen LogP contribution in [0.5, 0.6) is 0 Å². The minimum Gasteiger partial charge on any atom is -0.347 e. The molecule has 1 aliphatic heterocycles. The maximum Gasteiger partial charge on any atom is 0.242 e. The average molecular weight is 284 g/mol. The lowest BCUT2D eigenvalue weighted by atomic mass is 9.99. The molecule has 1 N–H and O–H groups in total. The van der Waals surface area contributed by atoms with E-state index in [9.17, 15) is 9.59 Å². The topological polar surface area (TPSA) is 55.9 Å². The van der Waals surface area contributed by atoms with E-state index in [0.29, 0.717) is 6.54 Å². The van der Waals surface area contributed by atoms with Crippen molar-refractivity contribution in [1.82, 2.24) is 20.0 Å². The summed E-state index contributed by atoms with van der Waals surface area (Å²) in [6, 6.07) is 0. The fourth-order valence-corrected chi connectivity index (χ4v) is 2.38. The normalized spacial score (nSPS) is 16.9. The number of amides is 2. The molecule has 0 aromatic rings. The van der Waals surface area contributed by atoms with Crippen molar-refractivity contribution in [3.8, 4) is 0 Å². The van der Waals surface area contributed by atoms with E-state index in [1.54, 1.807) is 19.0 Å². The molecule has 6 nitrogen and oxygen atoms in total. The molecule has 6 heteroatoms. The van der Waals surface area contributed by atoms with E-state index in [1.807, 2.05) is 20.8 Å². The Kier molecular flexibility index (Phi) is 5.95. The summed E-state index contributed by atoms with van der Waals surface area (Å²) in [6.07, 6.45) is 0. The van der Waals surface area contributed by atoms with Crippen molar-refractivity contribution in [2.45, 2.75) is 26.3 Å². The molecule has 1 heterocycles. The summed E-state index contributed by atoms with van der Waals surface area (Å²) in [6.45, 7) is 10.0. The number of nitrogens with zero attached hydrogens (tertiary/aromatic N) is 3. The molecule has 1 fully saturated rings. The van der Waals surface area contributed by atoms with Gasteiger partial charge in [0.15, 0.2) is 0 Å². The first-order valence-electron chi connectivity index (χ1n) is 7.26. The molecule has 0 aromatic carbocycles. The second-order valence-electron chi connectivity index (χ2n) is 5.90. The lowest BCUT2D eigenvalue weighted by Crippen LogP contribution is -2.61. The number of rotatable bonds is 5. The highest BCUT2D eigenvalue weighted by Gasteiger charge is 2.38. The van der Waals surface area contributed by atoms with Gasteiger partial charge in [-0.05, 0) is 20.8 Å². The van der Waals surface area contributed by atoms with Crippen LogP contribution in [0.25, 0.3) is 0 Å². The Balaban J connectivity index is 2.75. The fraction of sp³-hybridized carbons (Fsp3) is 0.857. The van der Waals surface area contributed by atoms with E-state index in [1.165, 1.54) is 4.90 Å². The first-order valence-corrected chi connectivity index (χ1v) is 7.26. The van der Waals surface area contributed by atoms with Crippen LogP contribution in [-0.2, 0) is 9.59 Å². The van der Waals surface area contributed by atoms with Crippen molar-refractivity contribution in [3.63, 3.8) is 0 Å². The zero-order chi connectivity index (χ0) is 15.3. The SMILES string of the molecule is CCN(CC(=O)N(C)C)C(=O)C(C)(C)N1CCNCC1. The molecule has 0 radical (unpaired) electrons. The van der Waals surface area contributed by atoms with Gasteiger partial charge < -0.3 is 15.1 Å². The molecule has 1 rings (SSSR count). The molecular weight excluding hydrogens is 256 g/mol. The van der Waals surface area contributed by atoms with Crippen LogP contribution in [-0.4, -0.2) is 85.4 Å². The summed E-state index contributed by atoms with van der Waals surface area (Å²) in [5, 5.41) is 3.29. The van der Waals surface area contributed by atoms with Crippen LogP contribution in [0.1, 0.15) is 20.8 Å². The summed E-state index contributed by atoms with van der Waals surface area (Å²) >= 11 is 0. The Morgan fingerprint density at radius 3 is 2.20 bits per heavy atom. The van der Waals surface area contributed by atoms with E-state index in [2.05, 4.69) is 10.2 Å². The molecule has 0 bridgehead atoms. The van der Waals surface area contributed by atoms with Crippen LogP contribution in [0.4, 0.5) is 0 Å². The van der Waals surface area contributed by atoms with Crippen LogP contribution >= 0.6 is 0 Å². The minimum atomic E-state index is -0.565. The number of hydrogen-bond acceptors (Lipinski definition) is 4. The maximum atomic E-state index is 12.7. The number of likely N-dealkylation sites (N-methyl/N-ethyl adjacent to an activating group) is 2. The van der Waals surface area contributed by atoms with Crippen molar-refractivity contribution >= 4 is 11.8 Å². The number of nitrogens with one attached hydrogen (secondary N) is 1. The monoisotopic (exact) mass is 284 g/mol.